The number of allylic oxidation sites excluding steroid dienone is 2. The van der Waals surface area contributed by atoms with Crippen LogP contribution < -0.4 is 0 Å². The van der Waals surface area contributed by atoms with E-state index in [1.165, 1.54) is 9.14 Å². The average Bonchev–Trinajstić information content (AvgIpc) is 2.68. The van der Waals surface area contributed by atoms with Crippen LogP contribution in [0.25, 0.3) is 0 Å². The quantitative estimate of drug-likeness (QED) is 0.190. The van der Waals surface area contributed by atoms with Gasteiger partial charge in [-0.25, -0.2) is 0 Å². The first-order chi connectivity index (χ1) is 13.2. The highest BCUT2D eigenvalue weighted by Gasteiger charge is 2.27. The summed E-state index contributed by atoms with van der Waals surface area (Å²) in [4.78, 5) is 14.6. The Labute approximate surface area is 178 Å². The van der Waals surface area contributed by atoms with Gasteiger partial charge in [0.15, 0.2) is 0 Å². The monoisotopic (exact) mass is 481 g/mol. The molecule has 1 amide bonds. The maximum atomic E-state index is 12.7. The molecule has 27 heavy (non-hydrogen) atoms. The Morgan fingerprint density at radius 2 is 1.96 bits per heavy atom. The topological polar surface area (TPSA) is 29.5 Å². The molecule has 0 bridgehead atoms. The number of rotatable bonds is 13. The van der Waals surface area contributed by atoms with E-state index >= 15 is 0 Å². The van der Waals surface area contributed by atoms with Crippen molar-refractivity contribution in [1.29, 1.82) is 0 Å². The molecular formula is C23H32INO2. The summed E-state index contributed by atoms with van der Waals surface area (Å²) in [6.45, 7) is 6.05. The van der Waals surface area contributed by atoms with Crippen LogP contribution in [0.2, 0.25) is 0 Å². The summed E-state index contributed by atoms with van der Waals surface area (Å²) < 4.78 is 7.03. The minimum Gasteiger partial charge on any atom is -0.377 e. The van der Waals surface area contributed by atoms with Crippen molar-refractivity contribution in [2.24, 2.45) is 5.92 Å². The molecule has 0 saturated carbocycles. The molecule has 0 spiro atoms. The first-order valence-electron chi connectivity index (χ1n) is 10.1. The molecule has 0 aromatic heterocycles. The Balaban J connectivity index is 1.60. The van der Waals surface area contributed by atoms with Gasteiger partial charge < -0.3 is 9.64 Å². The second-order valence-electron chi connectivity index (χ2n) is 7.18. The Hall–Kier alpha value is -1.14. The van der Waals surface area contributed by atoms with E-state index in [0.717, 1.165) is 64.5 Å². The smallest absolute Gasteiger partial charge is 0.229 e. The Morgan fingerprint density at radius 3 is 2.74 bits per heavy atom. The van der Waals surface area contributed by atoms with Crippen molar-refractivity contribution in [3.63, 3.8) is 0 Å². The van der Waals surface area contributed by atoms with Crippen LogP contribution in [-0.2, 0) is 16.1 Å². The van der Waals surface area contributed by atoms with E-state index < -0.39 is 0 Å². The van der Waals surface area contributed by atoms with Gasteiger partial charge in [0.25, 0.3) is 0 Å². The third-order valence-electron chi connectivity index (χ3n) is 4.88. The van der Waals surface area contributed by atoms with Crippen LogP contribution in [0.3, 0.4) is 0 Å². The van der Waals surface area contributed by atoms with Crippen molar-refractivity contribution < 1.29 is 9.53 Å². The maximum Gasteiger partial charge on any atom is 0.229 e. The molecule has 2 rings (SSSR count). The second-order valence-corrected chi connectivity index (χ2v) is 8.57. The van der Waals surface area contributed by atoms with Crippen LogP contribution in [-0.4, -0.2) is 24.0 Å². The van der Waals surface area contributed by atoms with Gasteiger partial charge in [0.2, 0.25) is 5.91 Å². The minimum absolute atomic E-state index is 0.168. The number of amides is 1. The lowest BCUT2D eigenvalue weighted by atomic mass is 9.94. The number of halogens is 1. The third kappa shape index (κ3) is 8.60. The number of hydrogen-bond acceptors (Lipinski definition) is 2. The fourth-order valence-electron chi connectivity index (χ4n) is 3.35. The zero-order valence-corrected chi connectivity index (χ0v) is 18.4. The van der Waals surface area contributed by atoms with Gasteiger partial charge in [-0.2, -0.15) is 0 Å². The highest BCUT2D eigenvalue weighted by molar-refractivity contribution is 14.1. The second kappa shape index (κ2) is 13.1. The average molecular weight is 481 g/mol. The van der Waals surface area contributed by atoms with E-state index in [4.69, 9.17) is 4.74 Å². The highest BCUT2D eigenvalue weighted by Crippen LogP contribution is 2.30. The van der Waals surface area contributed by atoms with Gasteiger partial charge in [-0.05, 0) is 73.1 Å². The van der Waals surface area contributed by atoms with Gasteiger partial charge in [-0.3, -0.25) is 4.79 Å². The van der Waals surface area contributed by atoms with Gasteiger partial charge in [0, 0.05) is 28.8 Å². The van der Waals surface area contributed by atoms with Crippen molar-refractivity contribution in [2.75, 3.05) is 13.2 Å². The molecule has 0 aliphatic carbocycles. The SMILES string of the molecule is C=CCCCC[C@@H]1CC(I)=CN(CCCCCOCc2ccccc2)C1=O. The summed E-state index contributed by atoms with van der Waals surface area (Å²) in [5.41, 5.74) is 1.22. The molecule has 0 radical (unpaired) electrons. The van der Waals surface area contributed by atoms with Crippen LogP contribution in [0.15, 0.2) is 52.8 Å². The van der Waals surface area contributed by atoms with Crippen molar-refractivity contribution in [1.82, 2.24) is 4.90 Å². The van der Waals surface area contributed by atoms with Crippen LogP contribution in [0.4, 0.5) is 0 Å². The Morgan fingerprint density at radius 1 is 1.15 bits per heavy atom. The summed E-state index contributed by atoms with van der Waals surface area (Å²) in [5, 5.41) is 0. The lowest BCUT2D eigenvalue weighted by Gasteiger charge is -2.29. The molecule has 1 aliphatic rings. The van der Waals surface area contributed by atoms with E-state index in [0.29, 0.717) is 12.5 Å². The maximum absolute atomic E-state index is 12.7. The molecule has 1 aliphatic heterocycles. The Bertz CT molecular complexity index is 600. The van der Waals surface area contributed by atoms with Crippen molar-refractivity contribution in [2.45, 2.75) is 58.0 Å². The molecule has 0 N–H and O–H groups in total. The molecule has 0 unspecified atom stereocenters. The first-order valence-corrected chi connectivity index (χ1v) is 11.2. The first kappa shape index (κ1) is 22.2. The molecule has 4 heteroatoms. The number of benzene rings is 1. The molecule has 0 saturated heterocycles. The van der Waals surface area contributed by atoms with E-state index in [2.05, 4.69) is 47.5 Å². The van der Waals surface area contributed by atoms with Gasteiger partial charge in [0.05, 0.1) is 6.61 Å². The largest absolute Gasteiger partial charge is 0.377 e. The van der Waals surface area contributed by atoms with Crippen LogP contribution in [0.1, 0.15) is 56.9 Å². The number of ether oxygens (including phenoxy) is 1. The van der Waals surface area contributed by atoms with Crippen LogP contribution >= 0.6 is 22.6 Å². The third-order valence-corrected chi connectivity index (χ3v) is 5.60. The molecule has 148 valence electrons. The van der Waals surface area contributed by atoms with E-state index in [-0.39, 0.29) is 5.92 Å². The van der Waals surface area contributed by atoms with Crippen molar-refractivity contribution >= 4 is 28.5 Å². The normalized spacial score (nSPS) is 17.1. The lowest BCUT2D eigenvalue weighted by molar-refractivity contribution is -0.133. The number of nitrogens with zero attached hydrogens (tertiary/aromatic N) is 1. The fraction of sp³-hybridized carbons (Fsp3) is 0.522. The number of hydrogen-bond donors (Lipinski definition) is 0. The van der Waals surface area contributed by atoms with Gasteiger partial charge >= 0.3 is 0 Å². The molecule has 3 nitrogen and oxygen atoms in total. The molecular weight excluding hydrogens is 449 g/mol. The van der Waals surface area contributed by atoms with Gasteiger partial charge in [-0.15, -0.1) is 6.58 Å². The van der Waals surface area contributed by atoms with Crippen molar-refractivity contribution in [3.8, 4) is 0 Å². The Kier molecular flexibility index (Phi) is 10.8. The van der Waals surface area contributed by atoms with Crippen molar-refractivity contribution in [3.05, 3.63) is 58.3 Å². The zero-order chi connectivity index (χ0) is 19.3. The molecule has 1 atom stereocenters. The summed E-state index contributed by atoms with van der Waals surface area (Å²) in [7, 11) is 0. The van der Waals surface area contributed by atoms with Crippen LogP contribution in [0, 0.1) is 5.92 Å². The summed E-state index contributed by atoms with van der Waals surface area (Å²) in [5.74, 6) is 0.482. The predicted molar refractivity (Wildman–Crippen MR) is 121 cm³/mol. The molecule has 0 fully saturated rings. The van der Waals surface area contributed by atoms with E-state index in [9.17, 15) is 4.79 Å². The summed E-state index contributed by atoms with van der Waals surface area (Å²) >= 11 is 2.38. The summed E-state index contributed by atoms with van der Waals surface area (Å²) in [6, 6.07) is 10.3. The zero-order valence-electron chi connectivity index (χ0n) is 16.2. The lowest BCUT2D eigenvalue weighted by Crippen LogP contribution is -2.36. The number of carbonyl (C=O) groups excluding carboxylic acids is 1. The molecule has 1 aromatic carbocycles. The van der Waals surface area contributed by atoms with Gasteiger partial charge in [0.1, 0.15) is 0 Å². The molecule has 1 aromatic rings. The number of unbranched alkanes of at least 4 members (excludes halogenated alkanes) is 4. The highest BCUT2D eigenvalue weighted by atomic mass is 127. The fourth-order valence-corrected chi connectivity index (χ4v) is 4.22. The van der Waals surface area contributed by atoms with Gasteiger partial charge in [-0.1, -0.05) is 42.8 Å². The molecule has 1 heterocycles. The minimum atomic E-state index is 0.168. The van der Waals surface area contributed by atoms with E-state index in [1.807, 2.05) is 29.2 Å². The predicted octanol–water partition coefficient (Wildman–Crippen LogP) is 6.24. The van der Waals surface area contributed by atoms with Crippen LogP contribution in [0.5, 0.6) is 0 Å². The number of carbonyl (C=O) groups is 1. The standard InChI is InChI=1S/C23H32INO2/c1-2-3-4-9-14-21-17-22(24)18-25(23(21)26)15-10-6-11-16-27-19-20-12-7-5-8-13-20/h2,5,7-8,12-13,18,21H,1,3-4,6,9-11,14-17,19H2/t21-/m1/s1. The van der Waals surface area contributed by atoms with E-state index in [1.54, 1.807) is 0 Å². The summed E-state index contributed by atoms with van der Waals surface area (Å²) in [6.07, 6.45) is 12.4.